The van der Waals surface area contributed by atoms with Gasteiger partial charge in [-0.1, -0.05) is 35.3 Å². The molecule has 2 aromatic heterocycles. The highest BCUT2D eigenvalue weighted by Crippen LogP contribution is 2.13. The van der Waals surface area contributed by atoms with Gasteiger partial charge >= 0.3 is 0 Å². The smallest absolute Gasteiger partial charge is 0.227 e. The molecule has 0 unspecified atom stereocenters. The summed E-state index contributed by atoms with van der Waals surface area (Å²) in [6.45, 7) is 1.05. The molecule has 3 rings (SSSR count). The van der Waals surface area contributed by atoms with Crippen molar-refractivity contribution in [3.63, 3.8) is 0 Å². The number of nitrogens with one attached hydrogen (secondary N) is 1. The number of carbonyl (C=O) groups is 1. The molecular weight excluding hydrogens is 349 g/mol. The van der Waals surface area contributed by atoms with E-state index < -0.39 is 0 Å². The Balaban J connectivity index is 1.52. The van der Waals surface area contributed by atoms with Crippen LogP contribution in [-0.4, -0.2) is 25.5 Å². The van der Waals surface area contributed by atoms with Crippen molar-refractivity contribution in [2.45, 2.75) is 19.5 Å². The number of hydrogen-bond acceptors (Lipinski definition) is 3. The third-order valence-electron chi connectivity index (χ3n) is 3.31. The zero-order chi connectivity index (χ0) is 16.9. The van der Waals surface area contributed by atoms with Crippen molar-refractivity contribution in [3.05, 3.63) is 64.5 Å². The second kappa shape index (κ2) is 7.51. The Morgan fingerprint density at radius 1 is 1.17 bits per heavy atom. The van der Waals surface area contributed by atoms with E-state index in [4.69, 9.17) is 23.2 Å². The molecule has 1 amide bonds. The van der Waals surface area contributed by atoms with Crippen molar-refractivity contribution >= 4 is 34.9 Å². The molecule has 6 nitrogen and oxygen atoms in total. The Labute approximate surface area is 149 Å². The molecule has 124 valence electrons. The van der Waals surface area contributed by atoms with E-state index in [9.17, 15) is 4.79 Å². The zero-order valence-electron chi connectivity index (χ0n) is 12.7. The molecule has 0 saturated carbocycles. The number of nitrogens with zero attached hydrogens (tertiary/aromatic N) is 4. The first-order valence-electron chi connectivity index (χ1n) is 7.34. The first-order chi connectivity index (χ1) is 11.6. The number of hydrogen-bond donors (Lipinski definition) is 1. The average molecular weight is 364 g/mol. The fourth-order valence-corrected chi connectivity index (χ4v) is 2.59. The second-order valence-corrected chi connectivity index (χ2v) is 6.12. The van der Waals surface area contributed by atoms with E-state index in [1.807, 2.05) is 30.5 Å². The van der Waals surface area contributed by atoms with E-state index >= 15 is 0 Å². The summed E-state index contributed by atoms with van der Waals surface area (Å²) < 4.78 is 3.37. The molecule has 0 saturated heterocycles. The summed E-state index contributed by atoms with van der Waals surface area (Å²) in [6, 6.07) is 9.34. The van der Waals surface area contributed by atoms with Gasteiger partial charge in [0.15, 0.2) is 5.82 Å². The molecule has 1 N–H and O–H groups in total. The molecule has 24 heavy (non-hydrogen) atoms. The summed E-state index contributed by atoms with van der Waals surface area (Å²) in [5.41, 5.74) is 1.04. The lowest BCUT2D eigenvalue weighted by Gasteiger charge is -2.04. The molecule has 3 aromatic rings. The van der Waals surface area contributed by atoms with Gasteiger partial charge in [0.1, 0.15) is 0 Å². The first-order valence-corrected chi connectivity index (χ1v) is 8.10. The number of rotatable bonds is 6. The molecule has 0 atom stereocenters. The highest BCUT2D eigenvalue weighted by atomic mass is 35.5. The van der Waals surface area contributed by atoms with Crippen molar-refractivity contribution in [1.82, 2.24) is 19.6 Å². The van der Waals surface area contributed by atoms with Crippen LogP contribution in [0.3, 0.4) is 0 Å². The van der Waals surface area contributed by atoms with Crippen molar-refractivity contribution in [3.8, 4) is 0 Å². The fourth-order valence-electron chi connectivity index (χ4n) is 2.22. The lowest BCUT2D eigenvalue weighted by molar-refractivity contribution is -0.116. The summed E-state index contributed by atoms with van der Waals surface area (Å²) in [4.78, 5) is 12.0. The van der Waals surface area contributed by atoms with Crippen LogP contribution < -0.4 is 5.32 Å². The molecule has 0 aliphatic heterocycles. The van der Waals surface area contributed by atoms with Crippen LogP contribution in [0.15, 0.2) is 48.9 Å². The number of halogens is 2. The molecule has 0 spiro atoms. The van der Waals surface area contributed by atoms with Gasteiger partial charge in [0.05, 0.1) is 17.8 Å². The van der Waals surface area contributed by atoms with Crippen LogP contribution in [0.1, 0.15) is 12.0 Å². The molecule has 0 radical (unpaired) electrons. The Morgan fingerprint density at radius 2 is 2.04 bits per heavy atom. The normalized spacial score (nSPS) is 10.8. The van der Waals surface area contributed by atoms with Crippen molar-refractivity contribution < 1.29 is 4.79 Å². The van der Waals surface area contributed by atoms with E-state index in [0.717, 1.165) is 5.56 Å². The van der Waals surface area contributed by atoms with Gasteiger partial charge in [0, 0.05) is 36.4 Å². The molecule has 2 heterocycles. The monoisotopic (exact) mass is 363 g/mol. The standard InChI is InChI=1S/C16H15Cl2N5O/c17-13-3-1-2-12(8-13)10-23-6-4-15(21-23)20-16(24)5-7-22-11-14(18)9-19-22/h1-4,6,8-9,11H,5,7,10H2,(H,20,21,24). The molecule has 0 fully saturated rings. The van der Waals surface area contributed by atoms with Gasteiger partial charge in [-0.2, -0.15) is 10.2 Å². The van der Waals surface area contributed by atoms with Crippen LogP contribution in [0, 0.1) is 0 Å². The lowest BCUT2D eigenvalue weighted by atomic mass is 10.2. The fraction of sp³-hybridized carbons (Fsp3) is 0.188. The molecule has 0 bridgehead atoms. The lowest BCUT2D eigenvalue weighted by Crippen LogP contribution is -2.15. The maximum absolute atomic E-state index is 12.0. The summed E-state index contributed by atoms with van der Waals surface area (Å²) in [7, 11) is 0. The van der Waals surface area contributed by atoms with Gasteiger partial charge in [-0.3, -0.25) is 14.2 Å². The van der Waals surface area contributed by atoms with Crippen LogP contribution in [0.5, 0.6) is 0 Å². The number of anilines is 1. The number of carbonyl (C=O) groups excluding carboxylic acids is 1. The van der Waals surface area contributed by atoms with Crippen LogP contribution in [-0.2, 0) is 17.9 Å². The van der Waals surface area contributed by atoms with Crippen LogP contribution >= 0.6 is 23.2 Å². The van der Waals surface area contributed by atoms with Crippen molar-refractivity contribution in [2.24, 2.45) is 0 Å². The third-order valence-corrected chi connectivity index (χ3v) is 3.74. The third kappa shape index (κ3) is 4.59. The Kier molecular flexibility index (Phi) is 5.17. The number of amides is 1. The number of aryl methyl sites for hydroxylation is 1. The van der Waals surface area contributed by atoms with Crippen LogP contribution in [0.2, 0.25) is 10.0 Å². The van der Waals surface area contributed by atoms with Gasteiger partial charge in [0.25, 0.3) is 0 Å². The molecular formula is C16H15Cl2N5O. The Hall–Kier alpha value is -2.31. The molecule has 0 aliphatic rings. The molecule has 1 aromatic carbocycles. The van der Waals surface area contributed by atoms with Gasteiger partial charge in [-0.25, -0.2) is 0 Å². The zero-order valence-corrected chi connectivity index (χ0v) is 14.2. The van der Waals surface area contributed by atoms with Gasteiger partial charge in [-0.05, 0) is 17.7 Å². The largest absolute Gasteiger partial charge is 0.309 e. The van der Waals surface area contributed by atoms with Gasteiger partial charge < -0.3 is 5.32 Å². The highest BCUT2D eigenvalue weighted by Gasteiger charge is 2.07. The summed E-state index contributed by atoms with van der Waals surface area (Å²) >= 11 is 11.7. The van der Waals surface area contributed by atoms with Crippen LogP contribution in [0.25, 0.3) is 0 Å². The van der Waals surface area contributed by atoms with Crippen LogP contribution in [0.4, 0.5) is 5.82 Å². The van der Waals surface area contributed by atoms with Gasteiger partial charge in [-0.15, -0.1) is 0 Å². The first kappa shape index (κ1) is 16.5. The predicted octanol–water partition coefficient (Wildman–Crippen LogP) is 3.46. The van der Waals surface area contributed by atoms with Crippen molar-refractivity contribution in [2.75, 3.05) is 5.32 Å². The minimum absolute atomic E-state index is 0.130. The molecule has 8 heteroatoms. The van der Waals surface area contributed by atoms with Crippen molar-refractivity contribution in [1.29, 1.82) is 0 Å². The van der Waals surface area contributed by atoms with E-state index in [0.29, 0.717) is 35.4 Å². The minimum Gasteiger partial charge on any atom is -0.309 e. The highest BCUT2D eigenvalue weighted by molar-refractivity contribution is 6.30. The SMILES string of the molecule is O=C(CCn1cc(Cl)cn1)Nc1ccn(Cc2cccc(Cl)c2)n1. The predicted molar refractivity (Wildman–Crippen MR) is 93.3 cm³/mol. The van der Waals surface area contributed by atoms with E-state index in [1.54, 1.807) is 21.6 Å². The number of aromatic nitrogens is 4. The Morgan fingerprint density at radius 3 is 2.79 bits per heavy atom. The minimum atomic E-state index is -0.130. The average Bonchev–Trinajstić information content (AvgIpc) is 3.14. The molecule has 0 aliphatic carbocycles. The quantitative estimate of drug-likeness (QED) is 0.729. The number of benzene rings is 1. The topological polar surface area (TPSA) is 64.7 Å². The van der Waals surface area contributed by atoms with E-state index in [2.05, 4.69) is 15.5 Å². The maximum Gasteiger partial charge on any atom is 0.227 e. The summed E-state index contributed by atoms with van der Waals surface area (Å²) in [5.74, 6) is 0.384. The maximum atomic E-state index is 12.0. The summed E-state index contributed by atoms with van der Waals surface area (Å²) in [6.07, 6.45) is 5.31. The summed E-state index contributed by atoms with van der Waals surface area (Å²) in [5, 5.41) is 12.4. The van der Waals surface area contributed by atoms with Gasteiger partial charge in [0.2, 0.25) is 5.91 Å². The van der Waals surface area contributed by atoms with E-state index in [-0.39, 0.29) is 5.91 Å². The van der Waals surface area contributed by atoms with E-state index in [1.165, 1.54) is 6.20 Å². The Bertz CT molecular complexity index is 842. The second-order valence-electron chi connectivity index (χ2n) is 5.25.